The predicted molar refractivity (Wildman–Crippen MR) is 58.7 cm³/mol. The van der Waals surface area contributed by atoms with Crippen molar-refractivity contribution in [2.75, 3.05) is 0 Å². The zero-order chi connectivity index (χ0) is 10.4. The minimum atomic E-state index is -0.00454. The Labute approximate surface area is 87.5 Å². The molecular formula is C12H12N2O. The first-order valence-corrected chi connectivity index (χ1v) is 5.16. The lowest BCUT2D eigenvalue weighted by Gasteiger charge is -2.20. The van der Waals surface area contributed by atoms with Crippen molar-refractivity contribution in [1.82, 2.24) is 4.57 Å². The van der Waals surface area contributed by atoms with Crippen molar-refractivity contribution in [3.63, 3.8) is 0 Å². The zero-order valence-electron chi connectivity index (χ0n) is 8.31. The molecule has 2 N–H and O–H groups in total. The van der Waals surface area contributed by atoms with Gasteiger partial charge in [-0.3, -0.25) is 9.36 Å². The fourth-order valence-electron chi connectivity index (χ4n) is 2.27. The summed E-state index contributed by atoms with van der Waals surface area (Å²) in [4.78, 5) is 11.8. The summed E-state index contributed by atoms with van der Waals surface area (Å²) in [6.07, 6.45) is 1.31. The second-order valence-corrected chi connectivity index (χ2v) is 4.00. The molecule has 2 heterocycles. The van der Waals surface area contributed by atoms with E-state index in [0.717, 1.165) is 23.0 Å². The minimum Gasteiger partial charge on any atom is -0.323 e. The lowest BCUT2D eigenvalue weighted by Crippen LogP contribution is -2.26. The fraction of sp³-hybridized carbons (Fsp3) is 0.250. The first-order valence-electron chi connectivity index (χ1n) is 5.16. The molecule has 15 heavy (non-hydrogen) atoms. The van der Waals surface area contributed by atoms with Crippen molar-refractivity contribution >= 4 is 16.8 Å². The summed E-state index contributed by atoms with van der Waals surface area (Å²) in [5.74, 6) is 0.160. The molecule has 1 aliphatic heterocycles. The van der Waals surface area contributed by atoms with Gasteiger partial charge in [0.2, 0.25) is 5.91 Å². The predicted octanol–water partition coefficient (Wildman–Crippen LogP) is 2.08. The van der Waals surface area contributed by atoms with Crippen LogP contribution in [0, 0.1) is 0 Å². The van der Waals surface area contributed by atoms with Gasteiger partial charge in [-0.05, 0) is 18.6 Å². The van der Waals surface area contributed by atoms with Crippen LogP contribution in [0.25, 0.3) is 10.9 Å². The Morgan fingerprint density at radius 3 is 3.00 bits per heavy atom. The average Bonchev–Trinajstić information content (AvgIpc) is 2.64. The first kappa shape index (κ1) is 8.68. The van der Waals surface area contributed by atoms with E-state index in [1.54, 1.807) is 4.57 Å². The van der Waals surface area contributed by atoms with Crippen molar-refractivity contribution in [2.24, 2.45) is 5.73 Å². The molecule has 3 rings (SSSR count). The van der Waals surface area contributed by atoms with Gasteiger partial charge in [0.05, 0.1) is 5.52 Å². The van der Waals surface area contributed by atoms with Crippen LogP contribution in [0.5, 0.6) is 0 Å². The highest BCUT2D eigenvalue weighted by atomic mass is 16.2. The van der Waals surface area contributed by atoms with E-state index in [4.69, 9.17) is 5.73 Å². The van der Waals surface area contributed by atoms with E-state index in [2.05, 4.69) is 0 Å². The average molecular weight is 200 g/mol. The Balaban J connectivity index is 2.39. The summed E-state index contributed by atoms with van der Waals surface area (Å²) in [5.41, 5.74) is 7.93. The maximum atomic E-state index is 11.8. The molecule has 0 aliphatic carbocycles. The van der Waals surface area contributed by atoms with Gasteiger partial charge in [0.15, 0.2) is 0 Å². The SMILES string of the molecule is NC1CCC(=O)n2c1cc1ccccc12. The molecule has 0 amide bonds. The maximum Gasteiger partial charge on any atom is 0.231 e. The summed E-state index contributed by atoms with van der Waals surface area (Å²) >= 11 is 0. The third kappa shape index (κ3) is 1.13. The number of aromatic nitrogens is 1. The lowest BCUT2D eigenvalue weighted by molar-refractivity contribution is 0.0881. The van der Waals surface area contributed by atoms with Gasteiger partial charge in [-0.25, -0.2) is 0 Å². The molecule has 0 saturated heterocycles. The standard InChI is InChI=1S/C12H12N2O/c13-9-5-6-12(15)14-10-4-2-1-3-8(10)7-11(9)14/h1-4,7,9H,5-6,13H2. The molecule has 1 aromatic heterocycles. The van der Waals surface area contributed by atoms with Gasteiger partial charge in [-0.1, -0.05) is 18.2 Å². The molecule has 0 radical (unpaired) electrons. The molecule has 3 nitrogen and oxygen atoms in total. The smallest absolute Gasteiger partial charge is 0.231 e. The van der Waals surface area contributed by atoms with Crippen LogP contribution in [0.15, 0.2) is 30.3 Å². The highest BCUT2D eigenvalue weighted by molar-refractivity contribution is 5.94. The molecule has 3 heteroatoms. The van der Waals surface area contributed by atoms with E-state index in [-0.39, 0.29) is 11.9 Å². The third-order valence-corrected chi connectivity index (χ3v) is 3.04. The Morgan fingerprint density at radius 1 is 1.33 bits per heavy atom. The Hall–Kier alpha value is -1.61. The van der Waals surface area contributed by atoms with E-state index in [1.807, 2.05) is 30.3 Å². The van der Waals surface area contributed by atoms with Crippen LogP contribution in [-0.2, 0) is 0 Å². The van der Waals surface area contributed by atoms with Crippen LogP contribution in [0.4, 0.5) is 0 Å². The molecule has 0 bridgehead atoms. The highest BCUT2D eigenvalue weighted by Crippen LogP contribution is 2.29. The minimum absolute atomic E-state index is 0.00454. The molecule has 0 saturated carbocycles. The number of rotatable bonds is 0. The number of fused-ring (bicyclic) bond motifs is 3. The molecule has 0 spiro atoms. The number of hydrogen-bond acceptors (Lipinski definition) is 2. The molecule has 1 aromatic carbocycles. The second-order valence-electron chi connectivity index (χ2n) is 4.00. The largest absolute Gasteiger partial charge is 0.323 e. The third-order valence-electron chi connectivity index (χ3n) is 3.04. The first-order chi connectivity index (χ1) is 7.27. The number of para-hydroxylation sites is 1. The molecule has 1 aliphatic rings. The van der Waals surface area contributed by atoms with Crippen LogP contribution in [0.3, 0.4) is 0 Å². The monoisotopic (exact) mass is 200 g/mol. The number of carbonyl (C=O) groups is 1. The summed E-state index contributed by atoms with van der Waals surface area (Å²) in [6, 6.07) is 9.93. The zero-order valence-corrected chi connectivity index (χ0v) is 8.31. The lowest BCUT2D eigenvalue weighted by atomic mass is 10.1. The van der Waals surface area contributed by atoms with Crippen LogP contribution < -0.4 is 5.73 Å². The summed E-state index contributed by atoms with van der Waals surface area (Å²) < 4.78 is 1.77. The maximum absolute atomic E-state index is 11.8. The summed E-state index contributed by atoms with van der Waals surface area (Å²) in [5, 5.41) is 1.10. The topological polar surface area (TPSA) is 48.0 Å². The number of hydrogen-bond donors (Lipinski definition) is 1. The van der Waals surface area contributed by atoms with Crippen molar-refractivity contribution in [3.05, 3.63) is 36.0 Å². The van der Waals surface area contributed by atoms with Gasteiger partial charge >= 0.3 is 0 Å². The number of benzene rings is 1. The number of carbonyl (C=O) groups excluding carboxylic acids is 1. The van der Waals surface area contributed by atoms with Gasteiger partial charge < -0.3 is 5.73 Å². The Morgan fingerprint density at radius 2 is 2.13 bits per heavy atom. The van der Waals surface area contributed by atoms with Gasteiger partial charge in [-0.15, -0.1) is 0 Å². The van der Waals surface area contributed by atoms with E-state index in [0.29, 0.717) is 6.42 Å². The molecule has 0 fully saturated rings. The quantitative estimate of drug-likeness (QED) is 0.707. The van der Waals surface area contributed by atoms with Crippen LogP contribution >= 0.6 is 0 Å². The van der Waals surface area contributed by atoms with Crippen LogP contribution in [-0.4, -0.2) is 10.5 Å². The molecule has 2 aromatic rings. The molecule has 76 valence electrons. The van der Waals surface area contributed by atoms with Crippen LogP contribution in [0.2, 0.25) is 0 Å². The number of nitrogens with two attached hydrogens (primary N) is 1. The van der Waals surface area contributed by atoms with Gasteiger partial charge in [0, 0.05) is 23.5 Å². The number of nitrogens with zero attached hydrogens (tertiary/aromatic N) is 1. The highest BCUT2D eigenvalue weighted by Gasteiger charge is 2.24. The summed E-state index contributed by atoms with van der Waals surface area (Å²) in [6.45, 7) is 0. The van der Waals surface area contributed by atoms with Gasteiger partial charge in [0.25, 0.3) is 0 Å². The van der Waals surface area contributed by atoms with E-state index in [1.165, 1.54) is 0 Å². The Kier molecular flexibility index (Phi) is 1.70. The van der Waals surface area contributed by atoms with Crippen molar-refractivity contribution in [3.8, 4) is 0 Å². The Bertz CT molecular complexity index is 542. The van der Waals surface area contributed by atoms with Crippen molar-refractivity contribution < 1.29 is 4.79 Å². The normalized spacial score (nSPS) is 20.6. The summed E-state index contributed by atoms with van der Waals surface area (Å²) in [7, 11) is 0. The van der Waals surface area contributed by atoms with E-state index >= 15 is 0 Å². The molecular weight excluding hydrogens is 188 g/mol. The fourth-order valence-corrected chi connectivity index (χ4v) is 2.27. The molecule has 1 unspecified atom stereocenters. The van der Waals surface area contributed by atoms with E-state index in [9.17, 15) is 4.79 Å². The second kappa shape index (κ2) is 2.94. The van der Waals surface area contributed by atoms with E-state index < -0.39 is 0 Å². The van der Waals surface area contributed by atoms with Gasteiger partial charge in [-0.2, -0.15) is 0 Å². The van der Waals surface area contributed by atoms with Crippen molar-refractivity contribution in [2.45, 2.75) is 18.9 Å². The van der Waals surface area contributed by atoms with Crippen LogP contribution in [0.1, 0.15) is 29.4 Å². The van der Waals surface area contributed by atoms with Crippen molar-refractivity contribution in [1.29, 1.82) is 0 Å². The molecule has 1 atom stereocenters. The van der Waals surface area contributed by atoms with Gasteiger partial charge in [0.1, 0.15) is 0 Å².